The summed E-state index contributed by atoms with van der Waals surface area (Å²) < 4.78 is 13.0. The first-order valence-electron chi connectivity index (χ1n) is 4.66. The summed E-state index contributed by atoms with van der Waals surface area (Å²) in [6.07, 6.45) is -0.649. The first-order chi connectivity index (χ1) is 7.18. The van der Waals surface area contributed by atoms with E-state index in [4.69, 9.17) is 0 Å². The molecule has 3 heteroatoms. The Morgan fingerprint density at radius 3 is 2.73 bits per heavy atom. The van der Waals surface area contributed by atoms with Gasteiger partial charge in [0.25, 0.3) is 0 Å². The fraction of sp³-hybridized carbons (Fsp3) is 0.167. The van der Waals surface area contributed by atoms with E-state index in [1.165, 1.54) is 17.4 Å². The molecule has 0 aliphatic carbocycles. The van der Waals surface area contributed by atoms with Crippen molar-refractivity contribution >= 4 is 11.3 Å². The van der Waals surface area contributed by atoms with Gasteiger partial charge in [-0.05, 0) is 35.6 Å². The number of rotatable bonds is 2. The van der Waals surface area contributed by atoms with Crippen LogP contribution in [-0.2, 0) is 0 Å². The van der Waals surface area contributed by atoms with E-state index >= 15 is 0 Å². The summed E-state index contributed by atoms with van der Waals surface area (Å²) in [7, 11) is 0. The summed E-state index contributed by atoms with van der Waals surface area (Å²) in [5.41, 5.74) is 1.29. The molecule has 0 unspecified atom stereocenters. The zero-order chi connectivity index (χ0) is 10.8. The molecular weight excluding hydrogens is 211 g/mol. The Labute approximate surface area is 91.8 Å². The van der Waals surface area contributed by atoms with Crippen LogP contribution in [0.25, 0.3) is 0 Å². The van der Waals surface area contributed by atoms with E-state index in [1.807, 2.05) is 17.5 Å². The number of benzene rings is 1. The number of aliphatic hydroxyl groups excluding tert-OH is 1. The molecule has 78 valence electrons. The van der Waals surface area contributed by atoms with Gasteiger partial charge in [0.05, 0.1) is 0 Å². The number of hydrogen-bond acceptors (Lipinski definition) is 2. The van der Waals surface area contributed by atoms with Gasteiger partial charge in [0.1, 0.15) is 11.9 Å². The van der Waals surface area contributed by atoms with Crippen molar-refractivity contribution in [2.24, 2.45) is 0 Å². The maximum absolute atomic E-state index is 13.0. The SMILES string of the molecule is Cc1cc([C@@H](O)c2cccs2)ccc1F. The van der Waals surface area contributed by atoms with Gasteiger partial charge in [-0.1, -0.05) is 18.2 Å². The minimum Gasteiger partial charge on any atom is -0.383 e. The molecule has 1 N–H and O–H groups in total. The van der Waals surface area contributed by atoms with E-state index < -0.39 is 6.10 Å². The Kier molecular flexibility index (Phi) is 2.84. The zero-order valence-electron chi connectivity index (χ0n) is 8.27. The minimum absolute atomic E-state index is 0.239. The first kappa shape index (κ1) is 10.3. The van der Waals surface area contributed by atoms with Crippen molar-refractivity contribution < 1.29 is 9.50 Å². The van der Waals surface area contributed by atoms with Crippen LogP contribution < -0.4 is 0 Å². The number of aliphatic hydroxyl groups is 1. The monoisotopic (exact) mass is 222 g/mol. The van der Waals surface area contributed by atoms with Crippen molar-refractivity contribution in [1.29, 1.82) is 0 Å². The molecule has 1 aromatic heterocycles. The Bertz CT molecular complexity index is 451. The molecule has 0 aliphatic heterocycles. The van der Waals surface area contributed by atoms with Crippen LogP contribution in [0.4, 0.5) is 4.39 Å². The molecular formula is C12H11FOS. The van der Waals surface area contributed by atoms with Crippen LogP contribution in [0, 0.1) is 12.7 Å². The standard InChI is InChI=1S/C12H11FOS/c1-8-7-9(4-5-10(8)13)12(14)11-3-2-6-15-11/h2-7,12,14H,1H3/t12-/m1/s1. The second-order valence-electron chi connectivity index (χ2n) is 3.43. The topological polar surface area (TPSA) is 20.2 Å². The molecule has 0 aliphatic rings. The number of thiophene rings is 1. The van der Waals surface area contributed by atoms with E-state index in [-0.39, 0.29) is 5.82 Å². The van der Waals surface area contributed by atoms with Crippen molar-refractivity contribution in [3.05, 3.63) is 57.5 Å². The minimum atomic E-state index is -0.649. The van der Waals surface area contributed by atoms with Gasteiger partial charge in [0.15, 0.2) is 0 Å². The molecule has 2 aromatic rings. The van der Waals surface area contributed by atoms with E-state index in [0.29, 0.717) is 5.56 Å². The molecule has 0 saturated carbocycles. The molecule has 0 radical (unpaired) electrons. The third-order valence-electron chi connectivity index (χ3n) is 2.31. The first-order valence-corrected chi connectivity index (χ1v) is 5.54. The molecule has 0 spiro atoms. The van der Waals surface area contributed by atoms with Gasteiger partial charge in [-0.15, -0.1) is 11.3 Å². The Morgan fingerprint density at radius 1 is 1.33 bits per heavy atom. The molecule has 15 heavy (non-hydrogen) atoms. The maximum atomic E-state index is 13.0. The molecule has 1 nitrogen and oxygen atoms in total. The van der Waals surface area contributed by atoms with Crippen molar-refractivity contribution in [1.82, 2.24) is 0 Å². The molecule has 2 rings (SSSR count). The predicted molar refractivity (Wildman–Crippen MR) is 59.5 cm³/mol. The number of halogens is 1. The molecule has 1 heterocycles. The van der Waals surface area contributed by atoms with Gasteiger partial charge in [-0.3, -0.25) is 0 Å². The van der Waals surface area contributed by atoms with E-state index in [2.05, 4.69) is 0 Å². The van der Waals surface area contributed by atoms with E-state index in [1.54, 1.807) is 19.1 Å². The van der Waals surface area contributed by atoms with Crippen LogP contribution in [0.5, 0.6) is 0 Å². The van der Waals surface area contributed by atoms with Gasteiger partial charge in [0.2, 0.25) is 0 Å². The summed E-state index contributed by atoms with van der Waals surface area (Å²) in [5.74, 6) is -0.239. The van der Waals surface area contributed by atoms with Crippen LogP contribution in [0.1, 0.15) is 22.1 Å². The van der Waals surface area contributed by atoms with E-state index in [0.717, 1.165) is 10.4 Å². The lowest BCUT2D eigenvalue weighted by Gasteiger charge is -2.09. The third kappa shape index (κ3) is 2.08. The quantitative estimate of drug-likeness (QED) is 0.826. The van der Waals surface area contributed by atoms with Crippen LogP contribution in [-0.4, -0.2) is 5.11 Å². The zero-order valence-corrected chi connectivity index (χ0v) is 9.09. The molecule has 1 aromatic carbocycles. The van der Waals surface area contributed by atoms with Crippen LogP contribution in [0.3, 0.4) is 0 Å². The van der Waals surface area contributed by atoms with Gasteiger partial charge in [-0.2, -0.15) is 0 Å². The average molecular weight is 222 g/mol. The highest BCUT2D eigenvalue weighted by Crippen LogP contribution is 2.26. The molecule has 0 fully saturated rings. The fourth-order valence-electron chi connectivity index (χ4n) is 1.45. The Morgan fingerprint density at radius 2 is 2.13 bits per heavy atom. The molecule has 0 bridgehead atoms. The van der Waals surface area contributed by atoms with E-state index in [9.17, 15) is 9.50 Å². The van der Waals surface area contributed by atoms with Gasteiger partial charge in [-0.25, -0.2) is 4.39 Å². The average Bonchev–Trinajstić information content (AvgIpc) is 2.74. The summed E-state index contributed by atoms with van der Waals surface area (Å²) >= 11 is 1.49. The Hall–Kier alpha value is -1.19. The molecule has 0 amide bonds. The lowest BCUT2D eigenvalue weighted by molar-refractivity contribution is 0.224. The molecule has 0 saturated heterocycles. The summed E-state index contributed by atoms with van der Waals surface area (Å²) in [4.78, 5) is 0.876. The van der Waals surface area contributed by atoms with Crippen molar-refractivity contribution in [3.63, 3.8) is 0 Å². The van der Waals surface area contributed by atoms with Crippen molar-refractivity contribution in [2.75, 3.05) is 0 Å². The fourth-order valence-corrected chi connectivity index (χ4v) is 2.19. The largest absolute Gasteiger partial charge is 0.383 e. The lowest BCUT2D eigenvalue weighted by Crippen LogP contribution is -1.98. The second-order valence-corrected chi connectivity index (χ2v) is 4.41. The highest BCUT2D eigenvalue weighted by atomic mass is 32.1. The summed E-state index contributed by atoms with van der Waals surface area (Å²) in [5, 5.41) is 11.9. The highest BCUT2D eigenvalue weighted by molar-refractivity contribution is 7.10. The summed E-state index contributed by atoms with van der Waals surface area (Å²) in [6.45, 7) is 1.69. The maximum Gasteiger partial charge on any atom is 0.126 e. The van der Waals surface area contributed by atoms with Crippen molar-refractivity contribution in [2.45, 2.75) is 13.0 Å². The van der Waals surface area contributed by atoms with Gasteiger partial charge in [0, 0.05) is 4.88 Å². The van der Waals surface area contributed by atoms with Crippen LogP contribution in [0.2, 0.25) is 0 Å². The third-order valence-corrected chi connectivity index (χ3v) is 3.24. The lowest BCUT2D eigenvalue weighted by atomic mass is 10.1. The van der Waals surface area contributed by atoms with Crippen LogP contribution >= 0.6 is 11.3 Å². The second kappa shape index (κ2) is 4.13. The Balaban J connectivity index is 2.34. The predicted octanol–water partition coefficient (Wildman–Crippen LogP) is 3.28. The highest BCUT2D eigenvalue weighted by Gasteiger charge is 2.12. The van der Waals surface area contributed by atoms with Gasteiger partial charge < -0.3 is 5.11 Å². The number of hydrogen-bond donors (Lipinski definition) is 1. The number of aryl methyl sites for hydroxylation is 1. The van der Waals surface area contributed by atoms with Crippen molar-refractivity contribution in [3.8, 4) is 0 Å². The van der Waals surface area contributed by atoms with Gasteiger partial charge >= 0.3 is 0 Å². The smallest absolute Gasteiger partial charge is 0.126 e. The molecule has 1 atom stereocenters. The summed E-state index contributed by atoms with van der Waals surface area (Å²) in [6, 6.07) is 8.45. The van der Waals surface area contributed by atoms with Crippen LogP contribution in [0.15, 0.2) is 35.7 Å². The normalized spacial score (nSPS) is 12.7.